The molecule has 0 saturated heterocycles. The molecular weight excluding hydrogens is 407 g/mol. The first kappa shape index (κ1) is 22.0. The number of carbonyl (C=O) groups is 1. The summed E-state index contributed by atoms with van der Waals surface area (Å²) >= 11 is 0. The topological polar surface area (TPSA) is 47.6 Å². The molecule has 0 aliphatic carbocycles. The van der Waals surface area contributed by atoms with E-state index in [1.54, 1.807) is 6.07 Å². The number of amides is 1. The Hall–Kier alpha value is -3.66. The summed E-state index contributed by atoms with van der Waals surface area (Å²) in [4.78, 5) is 12.7. The molecule has 0 atom stereocenters. The Bertz CT molecular complexity index is 1130. The molecule has 7 heteroatoms. The molecule has 1 N–H and O–H groups in total. The van der Waals surface area contributed by atoms with Crippen LogP contribution < -0.4 is 14.8 Å². The van der Waals surface area contributed by atoms with Crippen molar-refractivity contribution in [3.8, 4) is 23.3 Å². The summed E-state index contributed by atoms with van der Waals surface area (Å²) in [5.41, 5.74) is -0.354. The van der Waals surface area contributed by atoms with Gasteiger partial charge in [-0.25, -0.2) is 0 Å². The number of hydrogen-bond acceptors (Lipinski definition) is 3. The van der Waals surface area contributed by atoms with E-state index in [1.807, 2.05) is 37.3 Å². The highest BCUT2D eigenvalue weighted by Crippen LogP contribution is 2.31. The van der Waals surface area contributed by atoms with Crippen LogP contribution in [0.25, 0.3) is 10.8 Å². The van der Waals surface area contributed by atoms with E-state index in [4.69, 9.17) is 9.47 Å². The third-order valence-electron chi connectivity index (χ3n) is 4.35. The summed E-state index contributed by atoms with van der Waals surface area (Å²) in [6, 6.07) is 15.7. The van der Waals surface area contributed by atoms with Gasteiger partial charge >= 0.3 is 6.18 Å². The van der Waals surface area contributed by atoms with Crippen LogP contribution in [0.5, 0.6) is 11.5 Å². The quantitative estimate of drug-likeness (QED) is 0.559. The largest absolute Gasteiger partial charge is 0.493 e. The highest BCUT2D eigenvalue weighted by molar-refractivity contribution is 6.09. The Morgan fingerprint density at radius 1 is 1.00 bits per heavy atom. The maximum Gasteiger partial charge on any atom is 0.416 e. The molecule has 0 spiro atoms. The fourth-order valence-corrected chi connectivity index (χ4v) is 2.97. The molecule has 160 valence electrons. The molecule has 3 aromatic rings. The van der Waals surface area contributed by atoms with Gasteiger partial charge in [0.1, 0.15) is 18.1 Å². The summed E-state index contributed by atoms with van der Waals surface area (Å²) in [6.45, 7) is 2.22. The van der Waals surface area contributed by atoms with Crippen LogP contribution in [0.4, 0.5) is 13.2 Å². The van der Waals surface area contributed by atoms with E-state index in [9.17, 15) is 18.0 Å². The van der Waals surface area contributed by atoms with Crippen molar-refractivity contribution in [2.24, 2.45) is 0 Å². The van der Waals surface area contributed by atoms with Gasteiger partial charge in [-0.3, -0.25) is 4.79 Å². The lowest BCUT2D eigenvalue weighted by atomic mass is 10.0. The lowest BCUT2D eigenvalue weighted by molar-refractivity contribution is -0.137. The molecule has 4 nitrogen and oxygen atoms in total. The van der Waals surface area contributed by atoms with Gasteiger partial charge in [-0.05, 0) is 42.0 Å². The van der Waals surface area contributed by atoms with Crippen molar-refractivity contribution < 1.29 is 27.4 Å². The SMILES string of the molecule is CCOc1ccc2ccccc2c1C(=O)NCC#CCOc1cccc(C(F)(F)F)c1. The Kier molecular flexibility index (Phi) is 7.03. The van der Waals surface area contributed by atoms with Gasteiger partial charge in [-0.2, -0.15) is 13.2 Å². The number of alkyl halides is 3. The molecule has 0 unspecified atom stereocenters. The van der Waals surface area contributed by atoms with E-state index in [2.05, 4.69) is 17.2 Å². The number of fused-ring (bicyclic) bond motifs is 1. The first-order valence-electron chi connectivity index (χ1n) is 9.58. The first-order valence-corrected chi connectivity index (χ1v) is 9.58. The minimum absolute atomic E-state index is 0.0551. The molecule has 0 heterocycles. The van der Waals surface area contributed by atoms with Gasteiger partial charge in [0.15, 0.2) is 0 Å². The third-order valence-corrected chi connectivity index (χ3v) is 4.35. The van der Waals surface area contributed by atoms with Crippen LogP contribution >= 0.6 is 0 Å². The van der Waals surface area contributed by atoms with Gasteiger partial charge in [-0.1, -0.05) is 48.2 Å². The highest BCUT2D eigenvalue weighted by atomic mass is 19.4. The molecule has 0 saturated carbocycles. The van der Waals surface area contributed by atoms with Crippen LogP contribution in [0.3, 0.4) is 0 Å². The zero-order valence-corrected chi connectivity index (χ0v) is 16.8. The van der Waals surface area contributed by atoms with E-state index in [1.165, 1.54) is 12.1 Å². The van der Waals surface area contributed by atoms with Crippen LogP contribution in [0.1, 0.15) is 22.8 Å². The van der Waals surface area contributed by atoms with Crippen molar-refractivity contribution in [2.75, 3.05) is 19.8 Å². The number of halogens is 3. The highest BCUT2D eigenvalue weighted by Gasteiger charge is 2.30. The molecule has 1 amide bonds. The summed E-state index contributed by atoms with van der Waals surface area (Å²) in [6.07, 6.45) is -4.43. The number of benzene rings is 3. The lowest BCUT2D eigenvalue weighted by Gasteiger charge is -2.12. The zero-order valence-electron chi connectivity index (χ0n) is 16.8. The Labute approximate surface area is 178 Å². The van der Waals surface area contributed by atoms with Crippen LogP contribution in [0.2, 0.25) is 0 Å². The van der Waals surface area contributed by atoms with Crippen molar-refractivity contribution in [1.29, 1.82) is 0 Å². The van der Waals surface area contributed by atoms with Crippen molar-refractivity contribution >= 4 is 16.7 Å². The summed E-state index contributed by atoms with van der Waals surface area (Å²) in [7, 11) is 0. The molecule has 0 bridgehead atoms. The Morgan fingerprint density at radius 3 is 2.58 bits per heavy atom. The molecule has 3 rings (SSSR count). The minimum atomic E-state index is -4.43. The zero-order chi connectivity index (χ0) is 22.3. The molecule has 0 radical (unpaired) electrons. The van der Waals surface area contributed by atoms with Crippen LogP contribution in [-0.2, 0) is 6.18 Å². The second kappa shape index (κ2) is 9.90. The van der Waals surface area contributed by atoms with Crippen molar-refractivity contribution in [3.63, 3.8) is 0 Å². The third kappa shape index (κ3) is 5.70. The van der Waals surface area contributed by atoms with E-state index in [0.717, 1.165) is 22.9 Å². The van der Waals surface area contributed by atoms with Gasteiger partial charge in [0.25, 0.3) is 5.91 Å². The minimum Gasteiger partial charge on any atom is -0.493 e. The van der Waals surface area contributed by atoms with Crippen molar-refractivity contribution in [3.05, 3.63) is 71.8 Å². The van der Waals surface area contributed by atoms with E-state index >= 15 is 0 Å². The number of ether oxygens (including phenoxy) is 2. The van der Waals surface area contributed by atoms with Crippen molar-refractivity contribution in [1.82, 2.24) is 5.32 Å². The second-order valence-corrected chi connectivity index (χ2v) is 6.44. The maximum absolute atomic E-state index is 12.7. The fourth-order valence-electron chi connectivity index (χ4n) is 2.97. The summed E-state index contributed by atoms with van der Waals surface area (Å²) in [5, 5.41) is 4.40. The van der Waals surface area contributed by atoms with E-state index < -0.39 is 11.7 Å². The number of hydrogen-bond donors (Lipinski definition) is 1. The summed E-state index contributed by atoms with van der Waals surface area (Å²) < 4.78 is 49.0. The standard InChI is InChI=1S/C24H20F3NO3/c1-2-30-21-13-12-17-8-3-4-11-20(17)22(21)23(29)28-14-5-6-15-31-19-10-7-9-18(16-19)24(25,26)27/h3-4,7-13,16H,2,14-15H2,1H3,(H,28,29). The number of rotatable bonds is 6. The predicted molar refractivity (Wildman–Crippen MR) is 112 cm³/mol. The maximum atomic E-state index is 12.7. The van der Waals surface area contributed by atoms with Crippen LogP contribution in [0, 0.1) is 11.8 Å². The average Bonchev–Trinajstić information content (AvgIpc) is 2.75. The van der Waals surface area contributed by atoms with Gasteiger partial charge in [0.2, 0.25) is 0 Å². The molecule has 0 aliphatic heterocycles. The van der Waals surface area contributed by atoms with Gasteiger partial charge in [-0.15, -0.1) is 0 Å². The molecule has 31 heavy (non-hydrogen) atoms. The van der Waals surface area contributed by atoms with Crippen LogP contribution in [-0.4, -0.2) is 25.7 Å². The van der Waals surface area contributed by atoms with Gasteiger partial charge in [0.05, 0.1) is 24.3 Å². The first-order chi connectivity index (χ1) is 14.9. The molecule has 0 fully saturated rings. The summed E-state index contributed by atoms with van der Waals surface area (Å²) in [5.74, 6) is 5.64. The molecule has 0 aliphatic rings. The fraction of sp³-hybridized carbons (Fsp3) is 0.208. The van der Waals surface area contributed by atoms with Crippen molar-refractivity contribution in [2.45, 2.75) is 13.1 Å². The Balaban J connectivity index is 1.61. The van der Waals surface area contributed by atoms with Gasteiger partial charge < -0.3 is 14.8 Å². The molecule has 0 aromatic heterocycles. The number of carbonyl (C=O) groups excluding carboxylic acids is 1. The van der Waals surface area contributed by atoms with E-state index in [0.29, 0.717) is 17.9 Å². The van der Waals surface area contributed by atoms with Crippen LogP contribution in [0.15, 0.2) is 60.7 Å². The van der Waals surface area contributed by atoms with Gasteiger partial charge in [0, 0.05) is 0 Å². The normalized spacial score (nSPS) is 10.8. The second-order valence-electron chi connectivity index (χ2n) is 6.44. The average molecular weight is 427 g/mol. The predicted octanol–water partition coefficient (Wildman–Crippen LogP) is 5.07. The number of nitrogens with one attached hydrogen (secondary N) is 1. The smallest absolute Gasteiger partial charge is 0.416 e. The molecular formula is C24H20F3NO3. The molecule has 3 aromatic carbocycles. The lowest BCUT2D eigenvalue weighted by Crippen LogP contribution is -2.24. The monoisotopic (exact) mass is 427 g/mol. The van der Waals surface area contributed by atoms with E-state index in [-0.39, 0.29) is 24.8 Å². The Morgan fingerprint density at radius 2 is 1.81 bits per heavy atom.